The molecule has 3 nitrogen and oxygen atoms in total. The van der Waals surface area contributed by atoms with E-state index in [0.29, 0.717) is 16.1 Å². The van der Waals surface area contributed by atoms with Gasteiger partial charge in [-0.25, -0.2) is 0 Å². The predicted molar refractivity (Wildman–Crippen MR) is 71.1 cm³/mol. The van der Waals surface area contributed by atoms with Gasteiger partial charge in [-0.2, -0.15) is 5.26 Å². The van der Waals surface area contributed by atoms with Crippen LogP contribution in [-0.2, 0) is 0 Å². The summed E-state index contributed by atoms with van der Waals surface area (Å²) in [6.45, 7) is 3.39. The van der Waals surface area contributed by atoms with Crippen molar-refractivity contribution in [3.05, 3.63) is 41.0 Å². The van der Waals surface area contributed by atoms with E-state index in [-0.39, 0.29) is 0 Å². The van der Waals surface area contributed by atoms with Crippen LogP contribution in [0.1, 0.15) is 25.5 Å². The minimum Gasteiger partial charge on any atom is -0.387 e. The molecule has 0 amide bonds. The summed E-state index contributed by atoms with van der Waals surface area (Å²) in [5, 5.41) is 20.8. The molecule has 0 aliphatic carbocycles. The molecule has 1 unspecified atom stereocenters. The topological polar surface area (TPSA) is 56.9 Å². The van der Waals surface area contributed by atoms with Crippen LogP contribution in [0, 0.1) is 16.7 Å². The van der Waals surface area contributed by atoms with Crippen molar-refractivity contribution < 1.29 is 5.11 Å². The Bertz CT molecular complexity index is 631. The van der Waals surface area contributed by atoms with E-state index in [1.807, 2.05) is 6.07 Å². The number of aromatic nitrogens is 1. The smallest absolute Gasteiger partial charge is 0.0991 e. The molecule has 1 N–H and O–H groups in total. The molecular weight excluding hydrogens is 248 g/mol. The van der Waals surface area contributed by atoms with Gasteiger partial charge in [0.05, 0.1) is 23.1 Å². The third-order valence-corrected chi connectivity index (χ3v) is 3.34. The third-order valence-electron chi connectivity index (χ3n) is 3.01. The lowest BCUT2D eigenvalue weighted by Crippen LogP contribution is -2.20. The van der Waals surface area contributed by atoms with Gasteiger partial charge in [-0.15, -0.1) is 0 Å². The summed E-state index contributed by atoms with van der Waals surface area (Å²) in [6, 6.07) is 9.19. The van der Waals surface area contributed by atoms with Crippen LogP contribution in [0.2, 0.25) is 5.02 Å². The van der Waals surface area contributed by atoms with Crippen molar-refractivity contribution in [1.29, 1.82) is 5.26 Å². The Morgan fingerprint density at radius 1 is 1.39 bits per heavy atom. The van der Waals surface area contributed by atoms with E-state index in [0.717, 1.165) is 5.39 Å². The average molecular weight is 261 g/mol. The number of fused-ring (bicyclic) bond motifs is 1. The summed E-state index contributed by atoms with van der Waals surface area (Å²) < 4.78 is 0. The lowest BCUT2D eigenvalue weighted by Gasteiger charge is -2.24. The molecule has 92 valence electrons. The van der Waals surface area contributed by atoms with Crippen molar-refractivity contribution in [2.24, 2.45) is 5.41 Å². The Hall–Kier alpha value is -1.63. The average Bonchev–Trinajstić information content (AvgIpc) is 2.39. The Labute approximate surface area is 111 Å². The summed E-state index contributed by atoms with van der Waals surface area (Å²) in [7, 11) is 0. The minimum absolute atomic E-state index is 0.587. The number of halogens is 1. The number of nitriles is 1. The van der Waals surface area contributed by atoms with Crippen LogP contribution in [0.5, 0.6) is 0 Å². The van der Waals surface area contributed by atoms with Gasteiger partial charge in [0.15, 0.2) is 0 Å². The number of rotatable bonds is 2. The van der Waals surface area contributed by atoms with E-state index in [1.165, 1.54) is 0 Å². The molecule has 1 heterocycles. The number of aliphatic hydroxyl groups is 1. The maximum absolute atomic E-state index is 10.3. The summed E-state index contributed by atoms with van der Waals surface area (Å²) in [5.41, 5.74) is 0.389. The number of hydrogen-bond donors (Lipinski definition) is 1. The van der Waals surface area contributed by atoms with Crippen molar-refractivity contribution in [2.75, 3.05) is 0 Å². The van der Waals surface area contributed by atoms with E-state index >= 15 is 0 Å². The predicted octanol–water partition coefficient (Wildman–Crippen LogP) is 3.47. The van der Waals surface area contributed by atoms with Gasteiger partial charge >= 0.3 is 0 Å². The molecule has 2 rings (SSSR count). The zero-order valence-electron chi connectivity index (χ0n) is 10.2. The summed E-state index contributed by atoms with van der Waals surface area (Å²) in [6.07, 6.45) is 0.742. The lowest BCUT2D eigenvalue weighted by molar-refractivity contribution is 0.0879. The minimum atomic E-state index is -0.905. The number of hydrogen-bond acceptors (Lipinski definition) is 3. The van der Waals surface area contributed by atoms with E-state index in [2.05, 4.69) is 11.1 Å². The molecule has 18 heavy (non-hydrogen) atoms. The summed E-state index contributed by atoms with van der Waals surface area (Å²) >= 11 is 6.10. The van der Waals surface area contributed by atoms with Crippen molar-refractivity contribution >= 4 is 22.5 Å². The maximum atomic E-state index is 10.3. The highest BCUT2D eigenvalue weighted by molar-refractivity contribution is 6.35. The number of aliphatic hydroxyl groups excluding tert-OH is 1. The second kappa shape index (κ2) is 4.56. The van der Waals surface area contributed by atoms with Gasteiger partial charge in [0.1, 0.15) is 0 Å². The second-order valence-corrected chi connectivity index (χ2v) is 5.18. The van der Waals surface area contributed by atoms with Crippen LogP contribution in [0.4, 0.5) is 0 Å². The molecule has 4 heteroatoms. The fraction of sp³-hybridized carbons (Fsp3) is 0.286. The molecular formula is C14H13ClN2O. The molecule has 0 aliphatic heterocycles. The van der Waals surface area contributed by atoms with Gasteiger partial charge in [0, 0.05) is 22.2 Å². The fourth-order valence-electron chi connectivity index (χ4n) is 1.83. The highest BCUT2D eigenvalue weighted by atomic mass is 35.5. The van der Waals surface area contributed by atoms with Crippen LogP contribution >= 0.6 is 11.6 Å². The molecule has 0 radical (unpaired) electrons. The molecule has 0 saturated carbocycles. The van der Waals surface area contributed by atoms with E-state index in [9.17, 15) is 5.11 Å². The Balaban J connectivity index is 2.67. The van der Waals surface area contributed by atoms with Crippen molar-refractivity contribution in [2.45, 2.75) is 20.0 Å². The fourth-order valence-corrected chi connectivity index (χ4v) is 2.05. The van der Waals surface area contributed by atoms with E-state index < -0.39 is 11.5 Å². The molecule has 1 aromatic carbocycles. The first kappa shape index (κ1) is 12.8. The van der Waals surface area contributed by atoms with Crippen molar-refractivity contribution in [3.8, 4) is 6.07 Å². The molecule has 0 bridgehead atoms. The van der Waals surface area contributed by atoms with Crippen LogP contribution in [-0.4, -0.2) is 10.1 Å². The first-order chi connectivity index (χ1) is 8.47. The van der Waals surface area contributed by atoms with Gasteiger partial charge in [0.25, 0.3) is 0 Å². The van der Waals surface area contributed by atoms with Gasteiger partial charge in [-0.05, 0) is 32.0 Å². The molecule has 2 aromatic rings. The first-order valence-corrected chi connectivity index (χ1v) is 5.97. The number of pyridine rings is 1. The molecule has 0 aliphatic rings. The highest BCUT2D eigenvalue weighted by Gasteiger charge is 2.30. The first-order valence-electron chi connectivity index (χ1n) is 5.60. The maximum Gasteiger partial charge on any atom is 0.0991 e. The monoisotopic (exact) mass is 260 g/mol. The molecule has 1 aromatic heterocycles. The van der Waals surface area contributed by atoms with E-state index in [4.69, 9.17) is 16.9 Å². The highest BCUT2D eigenvalue weighted by Crippen LogP contribution is 2.37. The Morgan fingerprint density at radius 2 is 2.11 bits per heavy atom. The van der Waals surface area contributed by atoms with Crippen LogP contribution < -0.4 is 0 Å². The van der Waals surface area contributed by atoms with Gasteiger partial charge < -0.3 is 5.11 Å². The van der Waals surface area contributed by atoms with Gasteiger partial charge in [0.2, 0.25) is 0 Å². The van der Waals surface area contributed by atoms with Gasteiger partial charge in [-0.1, -0.05) is 17.7 Å². The summed E-state index contributed by atoms with van der Waals surface area (Å²) in [4.78, 5) is 4.26. The molecule has 1 atom stereocenters. The normalized spacial score (nSPS) is 13.3. The largest absolute Gasteiger partial charge is 0.387 e. The van der Waals surface area contributed by atoms with Crippen LogP contribution in [0.3, 0.4) is 0 Å². The Morgan fingerprint density at radius 3 is 2.78 bits per heavy atom. The van der Waals surface area contributed by atoms with Crippen molar-refractivity contribution in [3.63, 3.8) is 0 Å². The number of benzene rings is 1. The van der Waals surface area contributed by atoms with Gasteiger partial charge in [-0.3, -0.25) is 4.98 Å². The molecule has 0 fully saturated rings. The SMILES string of the molecule is CC(C)(C#N)C(O)c1ccc(Cl)c2cccnc12. The van der Waals surface area contributed by atoms with E-state index in [1.54, 1.807) is 38.2 Å². The lowest BCUT2D eigenvalue weighted by atomic mass is 9.83. The molecule has 0 spiro atoms. The number of nitrogens with zero attached hydrogens (tertiary/aromatic N) is 2. The molecule has 0 saturated heterocycles. The van der Waals surface area contributed by atoms with Crippen LogP contribution in [0.25, 0.3) is 10.9 Å². The van der Waals surface area contributed by atoms with Crippen molar-refractivity contribution in [1.82, 2.24) is 4.98 Å². The Kier molecular flexibility index (Phi) is 3.25. The second-order valence-electron chi connectivity index (χ2n) is 4.77. The zero-order valence-corrected chi connectivity index (χ0v) is 10.9. The third kappa shape index (κ3) is 2.05. The summed E-state index contributed by atoms with van der Waals surface area (Å²) in [5.74, 6) is 0. The van der Waals surface area contributed by atoms with Crippen LogP contribution in [0.15, 0.2) is 30.5 Å². The quantitative estimate of drug-likeness (QED) is 0.899. The standard InChI is InChI=1S/C14H13ClN2O/c1-14(2,8-16)13(18)10-5-6-11(15)9-4-3-7-17-12(9)10/h3-7,13,18H,1-2H3. The zero-order chi connectivity index (χ0) is 13.3.